The number of carbonyl (C=O) groups excluding carboxylic acids is 1. The third-order valence-electron chi connectivity index (χ3n) is 4.47. The van der Waals surface area contributed by atoms with Crippen molar-refractivity contribution in [1.82, 2.24) is 25.5 Å². The van der Waals surface area contributed by atoms with Gasteiger partial charge in [0.05, 0.1) is 17.5 Å². The second-order valence-electron chi connectivity index (χ2n) is 6.98. The van der Waals surface area contributed by atoms with Gasteiger partial charge in [-0.1, -0.05) is 36.0 Å². The number of benzene rings is 2. The average Bonchev–Trinajstić information content (AvgIpc) is 3.32. The number of nitrogens with one attached hydrogen (secondary N) is 1. The third kappa shape index (κ3) is 4.32. The fourth-order valence-corrected chi connectivity index (χ4v) is 3.91. The molecule has 0 unspecified atom stereocenters. The first kappa shape index (κ1) is 19.2. The Kier molecular flexibility index (Phi) is 5.35. The molecule has 1 amide bonds. The molecular formula is C21H21N5O2S. The molecule has 8 heteroatoms. The number of tetrazole rings is 1. The van der Waals surface area contributed by atoms with Crippen LogP contribution in [0.5, 0.6) is 0 Å². The molecule has 0 aliphatic rings. The minimum Gasteiger partial charge on any atom is -0.459 e. The van der Waals surface area contributed by atoms with Gasteiger partial charge in [0, 0.05) is 5.39 Å². The molecule has 4 rings (SSSR count). The smallest absolute Gasteiger partial charge is 0.231 e. The van der Waals surface area contributed by atoms with Crippen LogP contribution in [0.2, 0.25) is 0 Å². The van der Waals surface area contributed by atoms with Gasteiger partial charge in [-0.2, -0.15) is 4.68 Å². The Balaban J connectivity index is 1.40. The summed E-state index contributed by atoms with van der Waals surface area (Å²) in [7, 11) is 0. The minimum absolute atomic E-state index is 0.113. The Hall–Kier alpha value is -3.13. The third-order valence-corrected chi connectivity index (χ3v) is 5.39. The molecule has 0 spiro atoms. The molecular weight excluding hydrogens is 386 g/mol. The van der Waals surface area contributed by atoms with Gasteiger partial charge in [-0.3, -0.25) is 4.79 Å². The fourth-order valence-electron chi connectivity index (χ4n) is 3.20. The molecule has 7 nitrogen and oxygen atoms in total. The van der Waals surface area contributed by atoms with E-state index in [9.17, 15) is 4.79 Å². The summed E-state index contributed by atoms with van der Waals surface area (Å²) in [5.74, 6) is 0.818. The molecule has 0 aliphatic heterocycles. The van der Waals surface area contributed by atoms with Crippen molar-refractivity contribution in [3.8, 4) is 5.69 Å². The normalized spacial score (nSPS) is 12.2. The molecule has 148 valence electrons. The maximum atomic E-state index is 12.4. The quantitative estimate of drug-likeness (QED) is 0.486. The van der Waals surface area contributed by atoms with Gasteiger partial charge in [0.1, 0.15) is 11.3 Å². The predicted octanol–water partition coefficient (Wildman–Crippen LogP) is 3.99. The zero-order valence-corrected chi connectivity index (χ0v) is 17.2. The SMILES string of the molecule is Cc1cc(C)cc(-n2nnnc2SCC(=O)N[C@H](C)c2cc3ccccc3o2)c1. The first-order valence-electron chi connectivity index (χ1n) is 9.27. The lowest BCUT2D eigenvalue weighted by molar-refractivity contribution is -0.119. The van der Waals surface area contributed by atoms with Crippen LogP contribution in [0, 0.1) is 13.8 Å². The number of aryl methyl sites for hydroxylation is 2. The first-order valence-corrected chi connectivity index (χ1v) is 10.3. The number of aromatic nitrogens is 4. The van der Waals surface area contributed by atoms with Crippen molar-refractivity contribution in [3.63, 3.8) is 0 Å². The van der Waals surface area contributed by atoms with Crippen molar-refractivity contribution in [2.24, 2.45) is 0 Å². The van der Waals surface area contributed by atoms with Crippen LogP contribution in [-0.4, -0.2) is 31.9 Å². The Morgan fingerprint density at radius 3 is 2.69 bits per heavy atom. The molecule has 2 aromatic heterocycles. The van der Waals surface area contributed by atoms with Crippen LogP contribution in [0.1, 0.15) is 29.9 Å². The van der Waals surface area contributed by atoms with E-state index in [1.807, 2.05) is 63.2 Å². The van der Waals surface area contributed by atoms with E-state index in [4.69, 9.17) is 4.42 Å². The van der Waals surface area contributed by atoms with Crippen LogP contribution in [0.3, 0.4) is 0 Å². The largest absolute Gasteiger partial charge is 0.459 e. The lowest BCUT2D eigenvalue weighted by Crippen LogP contribution is -2.28. The monoisotopic (exact) mass is 407 g/mol. The highest BCUT2D eigenvalue weighted by Gasteiger charge is 2.16. The molecule has 1 atom stereocenters. The highest BCUT2D eigenvalue weighted by atomic mass is 32.2. The molecule has 0 aliphatic carbocycles. The highest BCUT2D eigenvalue weighted by molar-refractivity contribution is 7.99. The lowest BCUT2D eigenvalue weighted by Gasteiger charge is -2.11. The first-order chi connectivity index (χ1) is 14.0. The zero-order chi connectivity index (χ0) is 20.4. The second-order valence-corrected chi connectivity index (χ2v) is 7.93. The molecule has 0 saturated heterocycles. The van der Waals surface area contributed by atoms with Crippen molar-refractivity contribution in [2.45, 2.75) is 32.0 Å². The summed E-state index contributed by atoms with van der Waals surface area (Å²) in [4.78, 5) is 12.4. The molecule has 0 bridgehead atoms. The Labute approximate surface area is 172 Å². The molecule has 0 radical (unpaired) electrons. The summed E-state index contributed by atoms with van der Waals surface area (Å²) in [5, 5.41) is 16.4. The van der Waals surface area contributed by atoms with Crippen LogP contribution in [0.4, 0.5) is 0 Å². The van der Waals surface area contributed by atoms with Crippen LogP contribution < -0.4 is 5.32 Å². The maximum absolute atomic E-state index is 12.4. The van der Waals surface area contributed by atoms with Gasteiger partial charge < -0.3 is 9.73 Å². The molecule has 0 saturated carbocycles. The predicted molar refractivity (Wildman–Crippen MR) is 112 cm³/mol. The van der Waals surface area contributed by atoms with Gasteiger partial charge in [0.15, 0.2) is 0 Å². The van der Waals surface area contributed by atoms with Crippen LogP contribution >= 0.6 is 11.8 Å². The van der Waals surface area contributed by atoms with E-state index < -0.39 is 0 Å². The van der Waals surface area contributed by atoms with Gasteiger partial charge in [-0.05, 0) is 66.6 Å². The number of furan rings is 1. The Morgan fingerprint density at radius 1 is 1.17 bits per heavy atom. The van der Waals surface area contributed by atoms with Crippen LogP contribution in [0.25, 0.3) is 16.7 Å². The van der Waals surface area contributed by atoms with Crippen molar-refractivity contribution in [3.05, 3.63) is 65.4 Å². The maximum Gasteiger partial charge on any atom is 0.231 e. The van der Waals surface area contributed by atoms with Crippen LogP contribution in [-0.2, 0) is 4.79 Å². The van der Waals surface area contributed by atoms with Crippen molar-refractivity contribution in [1.29, 1.82) is 0 Å². The van der Waals surface area contributed by atoms with Crippen LogP contribution in [0.15, 0.2) is 58.1 Å². The lowest BCUT2D eigenvalue weighted by atomic mass is 10.1. The van der Waals surface area contributed by atoms with Crippen molar-refractivity contribution >= 4 is 28.6 Å². The zero-order valence-electron chi connectivity index (χ0n) is 16.4. The Bertz CT molecular complexity index is 1110. The van der Waals surface area contributed by atoms with Crippen molar-refractivity contribution < 1.29 is 9.21 Å². The standard InChI is InChI=1S/C21H21N5O2S/c1-13-8-14(2)10-17(9-13)26-21(23-24-25-26)29-12-20(27)22-15(3)19-11-16-6-4-5-7-18(16)28-19/h4-11,15H,12H2,1-3H3,(H,22,27)/t15-/m1/s1. The van der Waals surface area contributed by atoms with Gasteiger partial charge in [-0.15, -0.1) is 5.10 Å². The van der Waals surface area contributed by atoms with Gasteiger partial charge in [-0.25, -0.2) is 0 Å². The molecule has 2 heterocycles. The summed E-state index contributed by atoms with van der Waals surface area (Å²) >= 11 is 1.29. The van der Waals surface area contributed by atoms with E-state index >= 15 is 0 Å². The van der Waals surface area contributed by atoms with Crippen molar-refractivity contribution in [2.75, 3.05) is 5.75 Å². The average molecular weight is 407 g/mol. The number of hydrogen-bond acceptors (Lipinski definition) is 6. The summed E-state index contributed by atoms with van der Waals surface area (Å²) in [6.45, 7) is 5.96. The number of para-hydroxylation sites is 1. The number of fused-ring (bicyclic) bond motifs is 1. The van der Waals surface area contributed by atoms with E-state index in [0.717, 1.165) is 33.5 Å². The number of amides is 1. The van der Waals surface area contributed by atoms with E-state index in [-0.39, 0.29) is 17.7 Å². The number of thioether (sulfide) groups is 1. The fraction of sp³-hybridized carbons (Fsp3) is 0.238. The summed E-state index contributed by atoms with van der Waals surface area (Å²) in [6, 6.07) is 15.6. The second kappa shape index (κ2) is 8.08. The van der Waals surface area contributed by atoms with Gasteiger partial charge >= 0.3 is 0 Å². The summed E-state index contributed by atoms with van der Waals surface area (Å²) < 4.78 is 7.48. The molecule has 0 fully saturated rings. The summed E-state index contributed by atoms with van der Waals surface area (Å²) in [6.07, 6.45) is 0. The molecule has 1 N–H and O–H groups in total. The number of rotatable bonds is 6. The van der Waals surface area contributed by atoms with Gasteiger partial charge in [0.2, 0.25) is 11.1 Å². The van der Waals surface area contributed by atoms with E-state index in [1.165, 1.54) is 11.8 Å². The summed E-state index contributed by atoms with van der Waals surface area (Å²) in [5.41, 5.74) is 3.95. The van der Waals surface area contributed by atoms with E-state index in [0.29, 0.717) is 5.16 Å². The number of carbonyl (C=O) groups is 1. The highest BCUT2D eigenvalue weighted by Crippen LogP contribution is 2.24. The molecule has 29 heavy (non-hydrogen) atoms. The Morgan fingerprint density at radius 2 is 1.93 bits per heavy atom. The van der Waals surface area contributed by atoms with Gasteiger partial charge in [0.25, 0.3) is 0 Å². The van der Waals surface area contributed by atoms with E-state index in [2.05, 4.69) is 26.9 Å². The minimum atomic E-state index is -0.231. The molecule has 4 aromatic rings. The number of nitrogens with zero attached hydrogens (tertiary/aromatic N) is 4. The molecule has 2 aromatic carbocycles. The van der Waals surface area contributed by atoms with E-state index in [1.54, 1.807) is 4.68 Å². The number of hydrogen-bond donors (Lipinski definition) is 1. The topological polar surface area (TPSA) is 85.8 Å².